The van der Waals surface area contributed by atoms with E-state index < -0.39 is 29.2 Å². The smallest absolute Gasteiger partial charge is 0.408 e. The quantitative estimate of drug-likeness (QED) is 0.350. The molecular formula is C7H11N3O6. The van der Waals surface area contributed by atoms with Crippen LogP contribution in [-0.2, 0) is 14.4 Å². The molecule has 0 spiro atoms. The predicted molar refractivity (Wildman–Crippen MR) is 48.8 cm³/mol. The summed E-state index contributed by atoms with van der Waals surface area (Å²) < 4.78 is 4.68. The molecule has 0 aliphatic carbocycles. The number of nitrogens with zero attached hydrogens (tertiary/aromatic N) is 1. The van der Waals surface area contributed by atoms with Gasteiger partial charge in [0.05, 0.1) is 6.04 Å². The molecule has 1 aliphatic rings. The van der Waals surface area contributed by atoms with Gasteiger partial charge in [0.2, 0.25) is 6.10 Å². The zero-order valence-corrected chi connectivity index (χ0v) is 8.47. The van der Waals surface area contributed by atoms with Crippen LogP contribution in [0.2, 0.25) is 0 Å². The van der Waals surface area contributed by atoms with Crippen molar-refractivity contribution in [2.24, 2.45) is 0 Å². The van der Waals surface area contributed by atoms with Gasteiger partial charge in [-0.05, 0) is 6.92 Å². The summed E-state index contributed by atoms with van der Waals surface area (Å²) in [6.07, 6.45) is -1.57. The van der Waals surface area contributed by atoms with Crippen LogP contribution in [0.25, 0.3) is 0 Å². The zero-order chi connectivity index (χ0) is 12.1. The lowest BCUT2D eigenvalue weighted by Gasteiger charge is -2.12. The minimum Gasteiger partial charge on any atom is -0.434 e. The second kappa shape index (κ2) is 5.14. The first-order chi connectivity index (χ1) is 7.50. The Morgan fingerprint density at radius 2 is 2.44 bits per heavy atom. The van der Waals surface area contributed by atoms with Crippen molar-refractivity contribution in [3.8, 4) is 0 Å². The maximum atomic E-state index is 11.4. The summed E-state index contributed by atoms with van der Waals surface area (Å²) in [5, 5.41) is 13.6. The fourth-order valence-corrected chi connectivity index (χ4v) is 1.19. The molecule has 2 atom stereocenters. The molecule has 9 heteroatoms. The molecule has 0 aromatic heterocycles. The number of nitrogens with one attached hydrogen (secondary N) is 2. The summed E-state index contributed by atoms with van der Waals surface area (Å²) in [7, 11) is 0. The largest absolute Gasteiger partial charge is 0.434 e. The number of hydrogen-bond acceptors (Lipinski definition) is 6. The molecular weight excluding hydrogens is 222 g/mol. The second-order valence-electron chi connectivity index (χ2n) is 3.11. The molecule has 16 heavy (non-hydrogen) atoms. The van der Waals surface area contributed by atoms with E-state index in [2.05, 4.69) is 20.2 Å². The van der Waals surface area contributed by atoms with E-state index in [4.69, 9.17) is 0 Å². The van der Waals surface area contributed by atoms with E-state index in [1.165, 1.54) is 0 Å². The zero-order valence-electron chi connectivity index (χ0n) is 8.47. The van der Waals surface area contributed by atoms with E-state index in [0.29, 0.717) is 0 Å². The van der Waals surface area contributed by atoms with Gasteiger partial charge in [-0.2, -0.15) is 0 Å². The van der Waals surface area contributed by atoms with Crippen LogP contribution in [0, 0.1) is 10.1 Å². The van der Waals surface area contributed by atoms with Crippen molar-refractivity contribution >= 4 is 12.0 Å². The monoisotopic (exact) mass is 233 g/mol. The normalized spacial score (nSPS) is 23.2. The first-order valence-corrected chi connectivity index (χ1v) is 4.53. The summed E-state index contributed by atoms with van der Waals surface area (Å²) in [5.74, 6) is -0.516. The summed E-state index contributed by atoms with van der Waals surface area (Å²) in [5.41, 5.74) is 0. The third-order valence-electron chi connectivity index (χ3n) is 1.89. The molecule has 1 rings (SSSR count). The molecule has 0 aromatic rings. The first-order valence-electron chi connectivity index (χ1n) is 4.53. The number of hydrogen-bond donors (Lipinski definition) is 2. The van der Waals surface area contributed by atoms with E-state index in [-0.39, 0.29) is 13.2 Å². The molecule has 1 aliphatic heterocycles. The lowest BCUT2D eigenvalue weighted by molar-refractivity contribution is -0.757. The number of carbonyl (C=O) groups is 2. The van der Waals surface area contributed by atoms with Crippen molar-refractivity contribution in [1.82, 2.24) is 10.6 Å². The third kappa shape index (κ3) is 3.26. The summed E-state index contributed by atoms with van der Waals surface area (Å²) in [6, 6.07) is -0.427. The highest BCUT2D eigenvalue weighted by molar-refractivity contribution is 5.86. The Balaban J connectivity index is 2.25. The van der Waals surface area contributed by atoms with Crippen LogP contribution in [0.5, 0.6) is 0 Å². The average molecular weight is 233 g/mol. The molecule has 0 saturated carbocycles. The molecule has 0 aromatic carbocycles. The fraction of sp³-hybridized carbons (Fsp3) is 0.714. The van der Waals surface area contributed by atoms with Crippen molar-refractivity contribution in [3.63, 3.8) is 0 Å². The van der Waals surface area contributed by atoms with Crippen LogP contribution in [0.3, 0.4) is 0 Å². The number of alkyl carbamates (subject to hydrolysis) is 1. The Kier molecular flexibility index (Phi) is 3.86. The first kappa shape index (κ1) is 12.0. The highest BCUT2D eigenvalue weighted by Crippen LogP contribution is 2.07. The number of cyclic esters (lactones) is 1. The molecule has 1 heterocycles. The molecule has 0 unspecified atom stereocenters. The predicted octanol–water partition coefficient (Wildman–Crippen LogP) is -1.19. The Morgan fingerprint density at radius 3 is 2.94 bits per heavy atom. The Morgan fingerprint density at radius 1 is 1.75 bits per heavy atom. The van der Waals surface area contributed by atoms with Crippen LogP contribution in [0.1, 0.15) is 6.92 Å². The number of amides is 2. The summed E-state index contributed by atoms with van der Waals surface area (Å²) in [6.45, 7) is 1.34. The average Bonchev–Trinajstić information content (AvgIpc) is 2.52. The maximum Gasteiger partial charge on any atom is 0.408 e. The Bertz CT molecular complexity index is 306. The molecule has 0 radical (unpaired) electrons. The van der Waals surface area contributed by atoms with Crippen molar-refractivity contribution in [2.45, 2.75) is 19.1 Å². The number of ether oxygens (including phenoxy) is 1. The molecule has 1 saturated heterocycles. The van der Waals surface area contributed by atoms with Crippen molar-refractivity contribution in [3.05, 3.63) is 10.1 Å². The second-order valence-corrected chi connectivity index (χ2v) is 3.11. The van der Waals surface area contributed by atoms with Crippen LogP contribution in [0.15, 0.2) is 0 Å². The van der Waals surface area contributed by atoms with Crippen LogP contribution >= 0.6 is 0 Å². The van der Waals surface area contributed by atoms with E-state index in [9.17, 15) is 19.7 Å². The highest BCUT2D eigenvalue weighted by Gasteiger charge is 2.36. The van der Waals surface area contributed by atoms with Crippen LogP contribution < -0.4 is 10.6 Å². The molecule has 1 fully saturated rings. The molecule has 2 N–H and O–H groups in total. The van der Waals surface area contributed by atoms with E-state index in [1.54, 1.807) is 6.92 Å². The van der Waals surface area contributed by atoms with Gasteiger partial charge >= 0.3 is 6.09 Å². The standard InChI is InChI=1S/C7H11N3O6/c1-4-5(16-7(12)9-4)6(11)8-2-3-15-10(13)14/h4-5H,2-3H2,1H3,(H,8,11)(H,9,12)/t4-,5+/m0/s1. The maximum absolute atomic E-state index is 11.4. The van der Waals surface area contributed by atoms with E-state index >= 15 is 0 Å². The fourth-order valence-electron chi connectivity index (χ4n) is 1.19. The van der Waals surface area contributed by atoms with Gasteiger partial charge in [-0.25, -0.2) is 4.79 Å². The van der Waals surface area contributed by atoms with Gasteiger partial charge < -0.3 is 20.2 Å². The number of rotatable bonds is 5. The van der Waals surface area contributed by atoms with Gasteiger partial charge in [0.15, 0.2) is 0 Å². The minimum atomic E-state index is -0.952. The molecule has 9 nitrogen and oxygen atoms in total. The summed E-state index contributed by atoms with van der Waals surface area (Å²) >= 11 is 0. The molecule has 2 amide bonds. The highest BCUT2D eigenvalue weighted by atomic mass is 16.9. The topological polar surface area (TPSA) is 120 Å². The summed E-state index contributed by atoms with van der Waals surface area (Å²) in [4.78, 5) is 35.9. The van der Waals surface area contributed by atoms with Crippen LogP contribution in [0.4, 0.5) is 4.79 Å². The Labute approximate surface area is 90.2 Å². The van der Waals surface area contributed by atoms with Gasteiger partial charge in [0, 0.05) is 6.54 Å². The lowest BCUT2D eigenvalue weighted by Crippen LogP contribution is -2.42. The number of carbonyl (C=O) groups excluding carboxylic acids is 2. The molecule has 90 valence electrons. The molecule has 0 bridgehead atoms. The third-order valence-corrected chi connectivity index (χ3v) is 1.89. The van der Waals surface area contributed by atoms with Gasteiger partial charge in [0.25, 0.3) is 11.0 Å². The van der Waals surface area contributed by atoms with E-state index in [1.807, 2.05) is 0 Å². The van der Waals surface area contributed by atoms with Crippen LogP contribution in [-0.4, -0.2) is 42.4 Å². The van der Waals surface area contributed by atoms with Gasteiger partial charge in [-0.1, -0.05) is 0 Å². The van der Waals surface area contributed by atoms with Crippen molar-refractivity contribution < 1.29 is 24.3 Å². The van der Waals surface area contributed by atoms with Gasteiger partial charge in [-0.15, -0.1) is 10.1 Å². The lowest BCUT2D eigenvalue weighted by atomic mass is 10.2. The van der Waals surface area contributed by atoms with Crippen molar-refractivity contribution in [1.29, 1.82) is 0 Å². The van der Waals surface area contributed by atoms with E-state index in [0.717, 1.165) is 0 Å². The minimum absolute atomic E-state index is 0.0272. The Hall–Kier alpha value is -2.06. The SMILES string of the molecule is C[C@@H]1NC(=O)O[C@H]1C(=O)NCCO[N+](=O)[O-]. The van der Waals surface area contributed by atoms with Gasteiger partial charge in [-0.3, -0.25) is 4.79 Å². The van der Waals surface area contributed by atoms with Gasteiger partial charge in [0.1, 0.15) is 6.61 Å². The van der Waals surface area contributed by atoms with Crippen molar-refractivity contribution in [2.75, 3.05) is 13.2 Å².